The zero-order valence-electron chi connectivity index (χ0n) is 12.4. The van der Waals surface area contributed by atoms with Crippen LogP contribution in [0.1, 0.15) is 24.1 Å². The molecular formula is C16H18N2O4. The maximum Gasteiger partial charge on any atom is 0.305 e. The van der Waals surface area contributed by atoms with E-state index in [0.717, 1.165) is 10.9 Å². The van der Waals surface area contributed by atoms with Gasteiger partial charge in [-0.15, -0.1) is 0 Å². The first-order chi connectivity index (χ1) is 10.5. The van der Waals surface area contributed by atoms with Crippen LogP contribution in [0.25, 0.3) is 10.9 Å². The van der Waals surface area contributed by atoms with Crippen molar-refractivity contribution in [3.8, 4) is 0 Å². The summed E-state index contributed by atoms with van der Waals surface area (Å²) in [6, 6.07) is 9.39. The quantitative estimate of drug-likeness (QED) is 0.885. The molecule has 0 saturated heterocycles. The van der Waals surface area contributed by atoms with Gasteiger partial charge in [-0.25, -0.2) is 0 Å². The van der Waals surface area contributed by atoms with Crippen molar-refractivity contribution in [3.05, 3.63) is 36.5 Å². The van der Waals surface area contributed by atoms with Crippen LogP contribution in [0.3, 0.4) is 0 Å². The Morgan fingerprint density at radius 2 is 1.82 bits per heavy atom. The lowest BCUT2D eigenvalue weighted by Crippen LogP contribution is -2.29. The van der Waals surface area contributed by atoms with Crippen LogP contribution in [0.4, 0.5) is 0 Å². The number of nitrogens with zero attached hydrogens (tertiary/aromatic N) is 2. The van der Waals surface area contributed by atoms with E-state index in [1.54, 1.807) is 17.8 Å². The zero-order valence-corrected chi connectivity index (χ0v) is 12.4. The standard InChI is InChI=1S/C16H18N2O4/c1-17(10-9-16(21)22)14(19)6-7-15(20)18-11-8-12-4-2-3-5-13(12)18/h2-5,8,11H,6-7,9-10H2,1H3,(H,21,22). The number of rotatable bonds is 6. The molecule has 22 heavy (non-hydrogen) atoms. The SMILES string of the molecule is CN(CCC(=O)O)C(=O)CCC(=O)n1ccc2ccccc21. The van der Waals surface area contributed by atoms with Gasteiger partial charge in [-0.1, -0.05) is 18.2 Å². The Labute approximate surface area is 127 Å². The lowest BCUT2D eigenvalue weighted by molar-refractivity contribution is -0.138. The number of benzene rings is 1. The fraction of sp³-hybridized carbons (Fsp3) is 0.312. The predicted molar refractivity (Wildman–Crippen MR) is 81.7 cm³/mol. The largest absolute Gasteiger partial charge is 0.481 e. The third kappa shape index (κ3) is 3.72. The van der Waals surface area contributed by atoms with Gasteiger partial charge in [0, 0.05) is 38.0 Å². The Morgan fingerprint density at radius 3 is 2.55 bits per heavy atom. The van der Waals surface area contributed by atoms with Crippen LogP contribution in [0.15, 0.2) is 36.5 Å². The number of aromatic nitrogens is 1. The summed E-state index contributed by atoms with van der Waals surface area (Å²) < 4.78 is 1.54. The Kier molecular flexibility index (Phi) is 4.93. The normalized spacial score (nSPS) is 10.6. The molecule has 6 heteroatoms. The van der Waals surface area contributed by atoms with Crippen molar-refractivity contribution in [3.63, 3.8) is 0 Å². The Balaban J connectivity index is 1.92. The first-order valence-electron chi connectivity index (χ1n) is 7.04. The van der Waals surface area contributed by atoms with Gasteiger partial charge in [0.25, 0.3) is 0 Å². The third-order valence-electron chi connectivity index (χ3n) is 3.51. The minimum absolute atomic E-state index is 0.0709. The lowest BCUT2D eigenvalue weighted by Gasteiger charge is -2.15. The van der Waals surface area contributed by atoms with Gasteiger partial charge in [-0.2, -0.15) is 0 Å². The van der Waals surface area contributed by atoms with Crippen molar-refractivity contribution in [2.75, 3.05) is 13.6 Å². The summed E-state index contributed by atoms with van der Waals surface area (Å²) >= 11 is 0. The highest BCUT2D eigenvalue weighted by atomic mass is 16.4. The summed E-state index contributed by atoms with van der Waals surface area (Å²) in [4.78, 5) is 35.9. The van der Waals surface area contributed by atoms with E-state index in [9.17, 15) is 14.4 Å². The first-order valence-corrected chi connectivity index (χ1v) is 7.04. The molecule has 0 bridgehead atoms. The zero-order chi connectivity index (χ0) is 16.1. The minimum Gasteiger partial charge on any atom is -0.481 e. The van der Waals surface area contributed by atoms with Crippen LogP contribution >= 0.6 is 0 Å². The molecular weight excluding hydrogens is 284 g/mol. The smallest absolute Gasteiger partial charge is 0.305 e. The maximum atomic E-state index is 12.2. The van der Waals surface area contributed by atoms with Crippen LogP contribution in [0.2, 0.25) is 0 Å². The molecule has 1 amide bonds. The average molecular weight is 302 g/mol. The predicted octanol–water partition coefficient (Wildman–Crippen LogP) is 1.99. The molecule has 2 aromatic rings. The lowest BCUT2D eigenvalue weighted by atomic mass is 10.2. The van der Waals surface area contributed by atoms with Crippen LogP contribution < -0.4 is 0 Å². The topological polar surface area (TPSA) is 79.6 Å². The molecule has 1 N–H and O–H groups in total. The summed E-state index contributed by atoms with van der Waals surface area (Å²) in [5, 5.41) is 9.57. The number of carbonyl (C=O) groups is 3. The van der Waals surface area contributed by atoms with Gasteiger partial charge < -0.3 is 10.0 Å². The van der Waals surface area contributed by atoms with Gasteiger partial charge in [0.15, 0.2) is 0 Å². The minimum atomic E-state index is -0.950. The third-order valence-corrected chi connectivity index (χ3v) is 3.51. The number of para-hydroxylation sites is 1. The summed E-state index contributed by atoms with van der Waals surface area (Å²) in [7, 11) is 1.54. The summed E-state index contributed by atoms with van der Waals surface area (Å²) in [6.07, 6.45) is 1.76. The highest BCUT2D eigenvalue weighted by Crippen LogP contribution is 2.16. The number of hydrogen-bond donors (Lipinski definition) is 1. The van der Waals surface area contributed by atoms with Crippen molar-refractivity contribution >= 4 is 28.7 Å². The van der Waals surface area contributed by atoms with Gasteiger partial charge in [-0.05, 0) is 12.1 Å². The maximum absolute atomic E-state index is 12.2. The second kappa shape index (κ2) is 6.89. The van der Waals surface area contributed by atoms with Crippen molar-refractivity contribution in [2.45, 2.75) is 19.3 Å². The molecule has 2 rings (SSSR count). The number of amides is 1. The molecule has 1 aromatic carbocycles. The number of aliphatic carboxylic acids is 1. The molecule has 0 aliphatic carbocycles. The molecule has 6 nitrogen and oxygen atoms in total. The van der Waals surface area contributed by atoms with Crippen molar-refractivity contribution in [1.82, 2.24) is 9.47 Å². The van der Waals surface area contributed by atoms with Crippen LogP contribution in [-0.2, 0) is 9.59 Å². The number of hydrogen-bond acceptors (Lipinski definition) is 3. The van der Waals surface area contributed by atoms with Crippen LogP contribution in [0, 0.1) is 0 Å². The van der Waals surface area contributed by atoms with E-state index in [1.807, 2.05) is 30.3 Å². The van der Waals surface area contributed by atoms with Gasteiger partial charge in [0.2, 0.25) is 11.8 Å². The number of carboxylic acids is 1. The second-order valence-electron chi connectivity index (χ2n) is 5.10. The van der Waals surface area contributed by atoms with Crippen molar-refractivity contribution in [1.29, 1.82) is 0 Å². The molecule has 0 fully saturated rings. The van der Waals surface area contributed by atoms with Gasteiger partial charge in [-0.3, -0.25) is 19.0 Å². The second-order valence-corrected chi connectivity index (χ2v) is 5.10. The highest BCUT2D eigenvalue weighted by molar-refractivity contribution is 5.93. The van der Waals surface area contributed by atoms with Gasteiger partial charge >= 0.3 is 5.97 Å². The summed E-state index contributed by atoms with van der Waals surface area (Å²) in [5.41, 5.74) is 0.819. The highest BCUT2D eigenvalue weighted by Gasteiger charge is 2.14. The van der Waals surface area contributed by atoms with Gasteiger partial charge in [0.1, 0.15) is 0 Å². The molecule has 0 spiro atoms. The summed E-state index contributed by atoms with van der Waals surface area (Å²) in [6.45, 7) is 0.148. The molecule has 0 atom stereocenters. The first kappa shape index (κ1) is 15.8. The molecule has 0 aliphatic heterocycles. The van der Waals surface area contributed by atoms with Crippen molar-refractivity contribution in [2.24, 2.45) is 0 Å². The van der Waals surface area contributed by atoms with E-state index in [2.05, 4.69) is 0 Å². The monoisotopic (exact) mass is 302 g/mol. The van der Waals surface area contributed by atoms with E-state index in [4.69, 9.17) is 5.11 Å². The van der Waals surface area contributed by atoms with E-state index < -0.39 is 5.97 Å². The summed E-state index contributed by atoms with van der Waals surface area (Å²) in [5.74, 6) is -1.33. The Hall–Kier alpha value is -2.63. The van der Waals surface area contributed by atoms with E-state index in [1.165, 1.54) is 4.90 Å². The van der Waals surface area contributed by atoms with E-state index in [-0.39, 0.29) is 37.6 Å². The van der Waals surface area contributed by atoms with Crippen LogP contribution in [-0.4, -0.2) is 45.9 Å². The molecule has 1 aromatic heterocycles. The molecule has 0 unspecified atom stereocenters. The fourth-order valence-electron chi connectivity index (χ4n) is 2.21. The molecule has 0 aliphatic rings. The van der Waals surface area contributed by atoms with Crippen LogP contribution in [0.5, 0.6) is 0 Å². The number of carboxylic acid groups (broad SMARTS) is 1. The van der Waals surface area contributed by atoms with E-state index in [0.29, 0.717) is 0 Å². The molecule has 0 saturated carbocycles. The fourth-order valence-corrected chi connectivity index (χ4v) is 2.21. The Morgan fingerprint density at radius 1 is 1.09 bits per heavy atom. The van der Waals surface area contributed by atoms with Gasteiger partial charge in [0.05, 0.1) is 11.9 Å². The molecule has 0 radical (unpaired) electrons. The Bertz CT molecular complexity index is 705. The number of fused-ring (bicyclic) bond motifs is 1. The van der Waals surface area contributed by atoms with E-state index >= 15 is 0 Å². The average Bonchev–Trinajstić information content (AvgIpc) is 2.93. The number of carbonyl (C=O) groups excluding carboxylic acids is 2. The molecule has 116 valence electrons. The van der Waals surface area contributed by atoms with Crippen molar-refractivity contribution < 1.29 is 19.5 Å². The molecule has 1 heterocycles.